The molecule has 2 aromatic heterocycles. The van der Waals surface area contributed by atoms with Gasteiger partial charge in [-0.15, -0.1) is 0 Å². The standard InChI is InChI=1S/C19H24F3N5/c1-14-4-2-10-27(13-14)11-3-7-24-17-12-16(19(20,21)22)25-18(26-17)15-5-8-23-9-6-15/h5-6,8-9,12,14H,2-4,7,10-11,13H2,1H3,(H,24,25,26). The molecule has 0 aliphatic carbocycles. The first kappa shape index (κ1) is 19.5. The number of aromatic nitrogens is 3. The molecule has 0 aromatic carbocycles. The number of anilines is 1. The first-order chi connectivity index (χ1) is 12.9. The topological polar surface area (TPSA) is 53.9 Å². The molecule has 0 radical (unpaired) electrons. The third-order valence-electron chi connectivity index (χ3n) is 4.65. The lowest BCUT2D eigenvalue weighted by Crippen LogP contribution is -2.35. The van der Waals surface area contributed by atoms with Gasteiger partial charge in [-0.2, -0.15) is 13.2 Å². The van der Waals surface area contributed by atoms with Gasteiger partial charge in [0.1, 0.15) is 5.82 Å². The highest BCUT2D eigenvalue weighted by Gasteiger charge is 2.33. The molecule has 0 saturated carbocycles. The second kappa shape index (κ2) is 8.65. The third-order valence-corrected chi connectivity index (χ3v) is 4.65. The first-order valence-electron chi connectivity index (χ1n) is 9.25. The predicted octanol–water partition coefficient (Wildman–Crippen LogP) is 4.09. The molecule has 27 heavy (non-hydrogen) atoms. The highest BCUT2D eigenvalue weighted by Crippen LogP contribution is 2.30. The summed E-state index contributed by atoms with van der Waals surface area (Å²) in [6.07, 6.45) is 1.82. The Bertz CT molecular complexity index is 736. The van der Waals surface area contributed by atoms with Crippen molar-refractivity contribution >= 4 is 5.82 Å². The molecule has 3 heterocycles. The molecule has 1 aliphatic rings. The molecule has 0 amide bonds. The van der Waals surface area contributed by atoms with Crippen molar-refractivity contribution in [2.75, 3.05) is 31.5 Å². The van der Waals surface area contributed by atoms with Crippen molar-refractivity contribution in [1.29, 1.82) is 0 Å². The lowest BCUT2D eigenvalue weighted by Gasteiger charge is -2.30. The molecular formula is C19H24F3N5. The summed E-state index contributed by atoms with van der Waals surface area (Å²) in [5.41, 5.74) is -0.446. The summed E-state index contributed by atoms with van der Waals surface area (Å²) < 4.78 is 39.6. The zero-order chi connectivity index (χ0) is 19.3. The highest BCUT2D eigenvalue weighted by molar-refractivity contribution is 5.57. The number of hydrogen-bond donors (Lipinski definition) is 1. The van der Waals surface area contributed by atoms with Crippen LogP contribution in [0.25, 0.3) is 11.4 Å². The minimum absolute atomic E-state index is 0.0413. The van der Waals surface area contributed by atoms with Gasteiger partial charge in [0.05, 0.1) is 0 Å². The number of hydrogen-bond acceptors (Lipinski definition) is 5. The van der Waals surface area contributed by atoms with Crippen molar-refractivity contribution < 1.29 is 13.2 Å². The highest BCUT2D eigenvalue weighted by atomic mass is 19.4. The molecule has 1 N–H and O–H groups in total. The summed E-state index contributed by atoms with van der Waals surface area (Å²) in [5, 5.41) is 3.02. The van der Waals surface area contributed by atoms with Crippen LogP contribution in [-0.2, 0) is 6.18 Å². The van der Waals surface area contributed by atoms with Gasteiger partial charge in [0.15, 0.2) is 11.5 Å². The van der Waals surface area contributed by atoms with Crippen LogP contribution in [0.4, 0.5) is 19.0 Å². The number of nitrogens with zero attached hydrogens (tertiary/aromatic N) is 4. The van der Waals surface area contributed by atoms with E-state index in [0.717, 1.165) is 32.1 Å². The number of pyridine rings is 1. The van der Waals surface area contributed by atoms with Gasteiger partial charge in [-0.05, 0) is 50.4 Å². The van der Waals surface area contributed by atoms with Crippen molar-refractivity contribution in [3.05, 3.63) is 36.3 Å². The Morgan fingerprint density at radius 3 is 2.70 bits per heavy atom. The summed E-state index contributed by atoms with van der Waals surface area (Å²) in [5.74, 6) is 0.946. The van der Waals surface area contributed by atoms with Crippen LogP contribution < -0.4 is 5.32 Å². The Morgan fingerprint density at radius 1 is 1.22 bits per heavy atom. The molecule has 1 saturated heterocycles. The molecule has 0 spiro atoms. The predicted molar refractivity (Wildman–Crippen MR) is 98.2 cm³/mol. The largest absolute Gasteiger partial charge is 0.433 e. The molecule has 8 heteroatoms. The van der Waals surface area contributed by atoms with E-state index >= 15 is 0 Å². The zero-order valence-electron chi connectivity index (χ0n) is 15.3. The fourth-order valence-electron chi connectivity index (χ4n) is 3.32. The van der Waals surface area contributed by atoms with E-state index in [1.165, 1.54) is 25.2 Å². The van der Waals surface area contributed by atoms with Crippen LogP contribution in [0.1, 0.15) is 31.9 Å². The number of piperidine rings is 1. The summed E-state index contributed by atoms with van der Waals surface area (Å²) in [7, 11) is 0. The van der Waals surface area contributed by atoms with Crippen molar-refractivity contribution in [1.82, 2.24) is 19.9 Å². The molecule has 2 aromatic rings. The molecular weight excluding hydrogens is 355 g/mol. The average molecular weight is 379 g/mol. The van der Waals surface area contributed by atoms with E-state index in [2.05, 4.69) is 32.1 Å². The molecule has 5 nitrogen and oxygen atoms in total. The smallest absolute Gasteiger partial charge is 0.370 e. The summed E-state index contributed by atoms with van der Waals surface area (Å²) >= 11 is 0. The Hall–Kier alpha value is -2.22. The second-order valence-electron chi connectivity index (χ2n) is 7.02. The van der Waals surface area contributed by atoms with Gasteiger partial charge >= 0.3 is 6.18 Å². The molecule has 1 unspecified atom stereocenters. The number of likely N-dealkylation sites (tertiary alicyclic amines) is 1. The van der Waals surface area contributed by atoms with Crippen molar-refractivity contribution in [3.8, 4) is 11.4 Å². The Labute approximate surface area is 157 Å². The first-order valence-corrected chi connectivity index (χ1v) is 9.25. The van der Waals surface area contributed by atoms with E-state index in [-0.39, 0.29) is 11.6 Å². The minimum Gasteiger partial charge on any atom is -0.370 e. The number of halogens is 3. The number of alkyl halides is 3. The third kappa shape index (κ3) is 5.63. The van der Waals surface area contributed by atoms with Crippen molar-refractivity contribution in [2.45, 2.75) is 32.4 Å². The van der Waals surface area contributed by atoms with E-state index in [1.54, 1.807) is 12.1 Å². The van der Waals surface area contributed by atoms with Crippen LogP contribution in [-0.4, -0.2) is 46.0 Å². The van der Waals surface area contributed by atoms with Crippen LogP contribution in [0.5, 0.6) is 0 Å². The minimum atomic E-state index is -4.52. The van der Waals surface area contributed by atoms with Crippen molar-refractivity contribution in [3.63, 3.8) is 0 Å². The Kier molecular flexibility index (Phi) is 6.26. The molecule has 0 bridgehead atoms. The van der Waals surface area contributed by atoms with E-state index in [0.29, 0.717) is 18.0 Å². The molecule has 1 aliphatic heterocycles. The maximum Gasteiger partial charge on any atom is 0.433 e. The SMILES string of the molecule is CC1CCCN(CCCNc2cc(C(F)(F)F)nc(-c3ccncc3)n2)C1. The van der Waals surface area contributed by atoms with Gasteiger partial charge in [0.25, 0.3) is 0 Å². The zero-order valence-corrected chi connectivity index (χ0v) is 15.3. The maximum absolute atomic E-state index is 13.2. The van der Waals surface area contributed by atoms with Crippen LogP contribution >= 0.6 is 0 Å². The maximum atomic E-state index is 13.2. The lowest BCUT2D eigenvalue weighted by atomic mass is 10.0. The monoisotopic (exact) mass is 379 g/mol. The van der Waals surface area contributed by atoms with Crippen LogP contribution in [0.15, 0.2) is 30.6 Å². The average Bonchev–Trinajstić information content (AvgIpc) is 2.65. The van der Waals surface area contributed by atoms with Crippen LogP contribution in [0.3, 0.4) is 0 Å². The fraction of sp³-hybridized carbons (Fsp3) is 0.526. The lowest BCUT2D eigenvalue weighted by molar-refractivity contribution is -0.141. The van der Waals surface area contributed by atoms with Gasteiger partial charge in [-0.25, -0.2) is 9.97 Å². The molecule has 1 fully saturated rings. The normalized spacial score (nSPS) is 18.4. The quantitative estimate of drug-likeness (QED) is 0.766. The van der Waals surface area contributed by atoms with Crippen LogP contribution in [0.2, 0.25) is 0 Å². The summed E-state index contributed by atoms with van der Waals surface area (Å²) in [6, 6.07) is 4.15. The number of rotatable bonds is 6. The second-order valence-corrected chi connectivity index (χ2v) is 7.02. The van der Waals surface area contributed by atoms with Crippen LogP contribution in [0, 0.1) is 5.92 Å². The van der Waals surface area contributed by atoms with Gasteiger partial charge in [-0.1, -0.05) is 6.92 Å². The van der Waals surface area contributed by atoms with Gasteiger partial charge in [0.2, 0.25) is 0 Å². The van der Waals surface area contributed by atoms with Gasteiger partial charge < -0.3 is 10.2 Å². The van der Waals surface area contributed by atoms with E-state index in [4.69, 9.17) is 0 Å². The Morgan fingerprint density at radius 2 is 2.00 bits per heavy atom. The molecule has 146 valence electrons. The van der Waals surface area contributed by atoms with Gasteiger partial charge in [0, 0.05) is 37.1 Å². The fourth-order valence-corrected chi connectivity index (χ4v) is 3.32. The van der Waals surface area contributed by atoms with E-state index < -0.39 is 11.9 Å². The summed E-state index contributed by atoms with van der Waals surface area (Å²) in [6.45, 7) is 5.95. The number of nitrogens with one attached hydrogen (secondary N) is 1. The van der Waals surface area contributed by atoms with E-state index in [1.807, 2.05) is 0 Å². The molecule has 3 rings (SSSR count). The molecule has 1 atom stereocenters. The summed E-state index contributed by atoms with van der Waals surface area (Å²) in [4.78, 5) is 14.2. The van der Waals surface area contributed by atoms with Crippen molar-refractivity contribution in [2.24, 2.45) is 5.92 Å². The Balaban J connectivity index is 1.65. The van der Waals surface area contributed by atoms with Gasteiger partial charge in [-0.3, -0.25) is 4.98 Å². The van der Waals surface area contributed by atoms with E-state index in [9.17, 15) is 13.2 Å².